The third-order valence-electron chi connectivity index (χ3n) is 2.29. The summed E-state index contributed by atoms with van der Waals surface area (Å²) < 4.78 is 13.1. The van der Waals surface area contributed by atoms with E-state index in [4.69, 9.17) is 5.79 Å². The molecular formula is C11H16O2. The molecule has 0 radical (unpaired) electrons. The molecule has 1 heterocycles. The lowest BCUT2D eigenvalue weighted by molar-refractivity contribution is 0.445. The van der Waals surface area contributed by atoms with Gasteiger partial charge in [-0.05, 0) is 13.8 Å². The summed E-state index contributed by atoms with van der Waals surface area (Å²) in [5.41, 5.74) is 1.26. The second kappa shape index (κ2) is 3.77. The van der Waals surface area contributed by atoms with Crippen LogP contribution in [-0.2, 0) is 12.8 Å². The molecule has 0 bridgehead atoms. The summed E-state index contributed by atoms with van der Waals surface area (Å²) in [6.45, 7) is 7.15. The average molecular weight is 181 g/mol. The van der Waals surface area contributed by atoms with Gasteiger partial charge < -0.3 is 4.42 Å². The molecule has 0 spiro atoms. The predicted octanol–water partition coefficient (Wildman–Crippen LogP) is 2.38. The molecule has 2 nitrogen and oxygen atoms in total. The molecule has 0 saturated heterocycles. The van der Waals surface area contributed by atoms with Crippen LogP contribution in [0.2, 0.25) is 0 Å². The summed E-state index contributed by atoms with van der Waals surface area (Å²) in [7, 11) is 0. The zero-order valence-electron chi connectivity index (χ0n) is 9.60. The second-order valence-corrected chi connectivity index (χ2v) is 3.11. The summed E-state index contributed by atoms with van der Waals surface area (Å²) in [6, 6.07) is 0. The third-order valence-corrected chi connectivity index (χ3v) is 2.29. The predicted molar refractivity (Wildman–Crippen MR) is 53.2 cm³/mol. The van der Waals surface area contributed by atoms with E-state index in [9.17, 15) is 4.79 Å². The zero-order valence-corrected chi connectivity index (χ0v) is 8.60. The van der Waals surface area contributed by atoms with Crippen molar-refractivity contribution in [2.45, 2.75) is 40.5 Å². The van der Waals surface area contributed by atoms with Crippen LogP contribution in [0.5, 0.6) is 0 Å². The number of hydrogen-bond acceptors (Lipinski definition) is 2. The van der Waals surface area contributed by atoms with Crippen molar-refractivity contribution in [2.75, 3.05) is 0 Å². The van der Waals surface area contributed by atoms with Crippen LogP contribution in [0.4, 0.5) is 0 Å². The summed E-state index contributed by atoms with van der Waals surface area (Å²) in [5.74, 6) is 1.20. The van der Waals surface area contributed by atoms with Crippen molar-refractivity contribution in [3.05, 3.63) is 32.9 Å². The van der Waals surface area contributed by atoms with Gasteiger partial charge in [0, 0.05) is 25.3 Å². The second-order valence-electron chi connectivity index (χ2n) is 3.11. The minimum atomic E-state index is -0.478. The van der Waals surface area contributed by atoms with Crippen molar-refractivity contribution >= 4 is 0 Å². The first kappa shape index (κ1) is 8.54. The van der Waals surface area contributed by atoms with Gasteiger partial charge in [0.1, 0.15) is 11.5 Å². The monoisotopic (exact) mass is 181 g/mol. The van der Waals surface area contributed by atoms with E-state index in [2.05, 4.69) is 0 Å². The summed E-state index contributed by atoms with van der Waals surface area (Å²) in [4.78, 5) is 11.7. The molecule has 0 aliphatic carbocycles. The van der Waals surface area contributed by atoms with Crippen molar-refractivity contribution in [1.29, 1.82) is 0 Å². The largest absolute Gasteiger partial charge is 0.465 e. The van der Waals surface area contributed by atoms with Crippen LogP contribution in [0, 0.1) is 13.8 Å². The van der Waals surface area contributed by atoms with Gasteiger partial charge in [-0.15, -0.1) is 0 Å². The molecule has 1 unspecified atom stereocenters. The lowest BCUT2D eigenvalue weighted by atomic mass is 10.1. The fourth-order valence-electron chi connectivity index (χ4n) is 1.42. The normalized spacial score (nSPS) is 14.0. The van der Waals surface area contributed by atoms with E-state index in [1.54, 1.807) is 20.8 Å². The van der Waals surface area contributed by atoms with Crippen molar-refractivity contribution < 1.29 is 5.79 Å². The molecule has 1 aromatic rings. The van der Waals surface area contributed by atoms with Gasteiger partial charge in [0.2, 0.25) is 0 Å². The van der Waals surface area contributed by atoms with E-state index in [0.29, 0.717) is 29.1 Å². The highest BCUT2D eigenvalue weighted by Gasteiger charge is 2.10. The highest BCUT2D eigenvalue weighted by Crippen LogP contribution is 2.12. The Morgan fingerprint density at radius 1 is 1.23 bits per heavy atom. The lowest BCUT2D eigenvalue weighted by Crippen LogP contribution is -2.14. The highest BCUT2D eigenvalue weighted by molar-refractivity contribution is 5.25. The fourth-order valence-corrected chi connectivity index (χ4v) is 1.42. The van der Waals surface area contributed by atoms with Crippen molar-refractivity contribution in [3.8, 4) is 0 Å². The van der Waals surface area contributed by atoms with Gasteiger partial charge in [-0.2, -0.15) is 0 Å². The van der Waals surface area contributed by atoms with E-state index >= 15 is 0 Å². The third kappa shape index (κ3) is 1.67. The topological polar surface area (TPSA) is 30.2 Å². The maximum atomic E-state index is 11.7. The molecular weight excluding hydrogens is 164 g/mol. The zero-order chi connectivity index (χ0) is 10.9. The Kier molecular flexibility index (Phi) is 2.48. The molecule has 2 heteroatoms. The smallest absolute Gasteiger partial charge is 0.191 e. The Morgan fingerprint density at radius 3 is 2.23 bits per heavy atom. The quantitative estimate of drug-likeness (QED) is 0.701. The van der Waals surface area contributed by atoms with Gasteiger partial charge in [0.25, 0.3) is 0 Å². The minimum absolute atomic E-state index is 0.0159. The van der Waals surface area contributed by atoms with E-state index in [-0.39, 0.29) is 5.43 Å². The summed E-state index contributed by atoms with van der Waals surface area (Å²) in [6.07, 6.45) is 0.217. The van der Waals surface area contributed by atoms with Crippen molar-refractivity contribution in [2.24, 2.45) is 0 Å². The first-order valence-corrected chi connectivity index (χ1v) is 4.54. The molecule has 1 rings (SSSR count). The molecule has 0 saturated carbocycles. The molecule has 13 heavy (non-hydrogen) atoms. The molecule has 0 fully saturated rings. The first-order valence-electron chi connectivity index (χ1n) is 5.12. The van der Waals surface area contributed by atoms with Crippen LogP contribution in [0.1, 0.15) is 37.9 Å². The van der Waals surface area contributed by atoms with Gasteiger partial charge in [-0.1, -0.05) is 13.8 Å². The first-order chi connectivity index (χ1) is 6.49. The minimum Gasteiger partial charge on any atom is -0.465 e. The highest BCUT2D eigenvalue weighted by atomic mass is 16.3. The van der Waals surface area contributed by atoms with Crippen LogP contribution in [0.15, 0.2) is 9.21 Å². The van der Waals surface area contributed by atoms with E-state index in [1.807, 2.05) is 6.92 Å². The fraction of sp³-hybridized carbons (Fsp3) is 0.545. The lowest BCUT2D eigenvalue weighted by Gasteiger charge is -2.07. The molecule has 72 valence electrons. The van der Waals surface area contributed by atoms with Gasteiger partial charge in [0.15, 0.2) is 5.43 Å². The number of aryl methyl sites for hydroxylation is 2. The van der Waals surface area contributed by atoms with Gasteiger partial charge in [0.05, 0.1) is 0 Å². The van der Waals surface area contributed by atoms with Crippen LogP contribution in [0.25, 0.3) is 0 Å². The SMILES string of the molecule is [2H]C(C)c1oc(CC)c(C)c(=O)c1C. The average Bonchev–Trinajstić information content (AvgIpc) is 2.14. The standard InChI is InChI=1S/C11H16O2/c1-5-9-7(3)11(12)8(4)10(6-2)13-9/h5-6H2,1-4H3/i5D. The van der Waals surface area contributed by atoms with Gasteiger partial charge in [-0.3, -0.25) is 4.79 Å². The summed E-state index contributed by atoms with van der Waals surface area (Å²) >= 11 is 0. The molecule has 1 aromatic heterocycles. The number of hydrogen-bond donors (Lipinski definition) is 0. The molecule has 0 amide bonds. The molecule has 0 aliphatic rings. The van der Waals surface area contributed by atoms with Crippen LogP contribution >= 0.6 is 0 Å². The van der Waals surface area contributed by atoms with Gasteiger partial charge >= 0.3 is 0 Å². The maximum Gasteiger partial charge on any atom is 0.191 e. The van der Waals surface area contributed by atoms with Crippen LogP contribution < -0.4 is 5.43 Å². The Bertz CT molecular complexity index is 391. The molecule has 0 aromatic carbocycles. The Morgan fingerprint density at radius 2 is 1.77 bits per heavy atom. The summed E-state index contributed by atoms with van der Waals surface area (Å²) in [5, 5.41) is 0. The van der Waals surface area contributed by atoms with Crippen molar-refractivity contribution in [3.63, 3.8) is 0 Å². The molecule has 0 aliphatic heterocycles. The maximum absolute atomic E-state index is 11.7. The molecule has 0 N–H and O–H groups in total. The Labute approximate surface area is 80.0 Å². The van der Waals surface area contributed by atoms with Crippen LogP contribution in [0.3, 0.4) is 0 Å². The van der Waals surface area contributed by atoms with E-state index < -0.39 is 6.40 Å². The Balaban J connectivity index is 3.49. The Hall–Kier alpha value is -1.05. The van der Waals surface area contributed by atoms with E-state index in [0.717, 1.165) is 0 Å². The number of rotatable bonds is 2. The van der Waals surface area contributed by atoms with E-state index in [1.165, 1.54) is 0 Å². The molecule has 1 atom stereocenters. The van der Waals surface area contributed by atoms with Gasteiger partial charge in [-0.25, -0.2) is 0 Å². The van der Waals surface area contributed by atoms with Crippen LogP contribution in [-0.4, -0.2) is 0 Å². The van der Waals surface area contributed by atoms with Crippen molar-refractivity contribution in [1.82, 2.24) is 0 Å².